The molecule has 0 aliphatic carbocycles. The smallest absolute Gasteiger partial charge is 0.243 e. The monoisotopic (exact) mass is 418 g/mol. The van der Waals surface area contributed by atoms with E-state index in [1.165, 1.54) is 22.0 Å². The molecule has 1 aliphatic rings. The number of sulfonamides is 1. The molecule has 1 saturated heterocycles. The fraction of sp³-hybridized carbons (Fsp3) is 0.409. The number of nitrogens with one attached hydrogen (secondary N) is 1. The molecule has 1 aliphatic heterocycles. The Hall–Kier alpha value is -2.25. The molecule has 5 nitrogen and oxygen atoms in total. The first-order valence-electron chi connectivity index (χ1n) is 9.81. The van der Waals surface area contributed by atoms with E-state index in [-0.39, 0.29) is 23.4 Å². The minimum absolute atomic E-state index is 0.0449. The highest BCUT2D eigenvalue weighted by Crippen LogP contribution is 2.25. The summed E-state index contributed by atoms with van der Waals surface area (Å²) in [6.07, 6.45) is 1.25. The van der Waals surface area contributed by atoms with Gasteiger partial charge >= 0.3 is 0 Å². The van der Waals surface area contributed by atoms with Crippen LogP contribution < -0.4 is 5.32 Å². The van der Waals surface area contributed by atoms with Crippen LogP contribution in [0.2, 0.25) is 0 Å². The maximum absolute atomic E-state index is 13.1. The van der Waals surface area contributed by atoms with Crippen LogP contribution in [0.3, 0.4) is 0 Å². The Labute approximate surface area is 172 Å². The van der Waals surface area contributed by atoms with Crippen LogP contribution in [0.5, 0.6) is 0 Å². The predicted octanol–water partition coefficient (Wildman–Crippen LogP) is 3.72. The summed E-state index contributed by atoms with van der Waals surface area (Å²) in [6, 6.07) is 10.7. The van der Waals surface area contributed by atoms with Crippen LogP contribution in [-0.2, 0) is 14.8 Å². The fourth-order valence-corrected chi connectivity index (χ4v) is 5.10. The van der Waals surface area contributed by atoms with Gasteiger partial charge in [-0.3, -0.25) is 4.79 Å². The van der Waals surface area contributed by atoms with E-state index in [4.69, 9.17) is 0 Å². The molecule has 0 saturated carbocycles. The molecule has 0 radical (unpaired) electrons. The molecule has 2 atom stereocenters. The number of hydrogen-bond donors (Lipinski definition) is 1. The fourth-order valence-electron chi connectivity index (χ4n) is 3.58. The summed E-state index contributed by atoms with van der Waals surface area (Å²) in [4.78, 5) is 12.9. The highest BCUT2D eigenvalue weighted by Gasteiger charge is 2.33. The predicted molar refractivity (Wildman–Crippen MR) is 110 cm³/mol. The Bertz CT molecular complexity index is 990. The largest absolute Gasteiger partial charge is 0.349 e. The highest BCUT2D eigenvalue weighted by molar-refractivity contribution is 7.89. The van der Waals surface area contributed by atoms with E-state index < -0.39 is 21.8 Å². The molecule has 7 heteroatoms. The molecular weight excluding hydrogens is 391 g/mol. The van der Waals surface area contributed by atoms with Gasteiger partial charge in [0.15, 0.2) is 0 Å². The standard InChI is InChI=1S/C22H27FN2O3S/c1-15-6-7-18(13-16(15)2)17(3)24-22(26)19-5-4-12-25(14-19)29(27,28)21-10-8-20(23)9-11-21/h6-11,13,17,19H,4-5,12,14H2,1-3H3,(H,24,26)/t17-,19+/m0/s1. The second-order valence-corrected chi connectivity index (χ2v) is 9.67. The Morgan fingerprint density at radius 2 is 1.83 bits per heavy atom. The van der Waals surface area contributed by atoms with Gasteiger partial charge < -0.3 is 5.32 Å². The van der Waals surface area contributed by atoms with E-state index in [0.717, 1.165) is 23.3 Å². The zero-order chi connectivity index (χ0) is 21.2. The number of hydrogen-bond acceptors (Lipinski definition) is 3. The van der Waals surface area contributed by atoms with Crippen LogP contribution >= 0.6 is 0 Å². The summed E-state index contributed by atoms with van der Waals surface area (Å²) < 4.78 is 40.2. The average molecular weight is 419 g/mol. The Morgan fingerprint density at radius 1 is 1.14 bits per heavy atom. The number of aryl methyl sites for hydroxylation is 2. The summed E-state index contributed by atoms with van der Waals surface area (Å²) in [7, 11) is -3.75. The minimum Gasteiger partial charge on any atom is -0.349 e. The van der Waals surface area contributed by atoms with Crippen molar-refractivity contribution in [1.82, 2.24) is 9.62 Å². The lowest BCUT2D eigenvalue weighted by Crippen LogP contribution is -2.45. The van der Waals surface area contributed by atoms with E-state index in [0.29, 0.717) is 19.4 Å². The maximum atomic E-state index is 13.1. The van der Waals surface area contributed by atoms with Gasteiger partial charge in [-0.1, -0.05) is 18.2 Å². The number of benzene rings is 2. The molecule has 1 amide bonds. The zero-order valence-electron chi connectivity index (χ0n) is 17.0. The summed E-state index contributed by atoms with van der Waals surface area (Å²) in [5.74, 6) is -1.04. The minimum atomic E-state index is -3.75. The number of carbonyl (C=O) groups excluding carboxylic acids is 1. The third-order valence-corrected chi connectivity index (χ3v) is 7.48. The maximum Gasteiger partial charge on any atom is 0.243 e. The number of nitrogens with zero attached hydrogens (tertiary/aromatic N) is 1. The normalized spacial score (nSPS) is 19.0. The van der Waals surface area contributed by atoms with Gasteiger partial charge in [0.2, 0.25) is 15.9 Å². The molecular formula is C22H27FN2O3S. The average Bonchev–Trinajstić information content (AvgIpc) is 2.70. The Balaban J connectivity index is 1.68. The van der Waals surface area contributed by atoms with E-state index in [9.17, 15) is 17.6 Å². The van der Waals surface area contributed by atoms with E-state index in [2.05, 4.69) is 11.4 Å². The molecule has 0 aromatic heterocycles. The molecule has 1 fully saturated rings. The van der Waals surface area contributed by atoms with Gasteiger partial charge in [0.05, 0.1) is 16.9 Å². The molecule has 1 heterocycles. The first-order chi connectivity index (χ1) is 13.7. The summed E-state index contributed by atoms with van der Waals surface area (Å²) in [5.41, 5.74) is 3.38. The number of piperidine rings is 1. The molecule has 1 N–H and O–H groups in total. The molecule has 0 unspecified atom stereocenters. The van der Waals surface area contributed by atoms with Crippen LogP contribution in [0.15, 0.2) is 47.4 Å². The van der Waals surface area contributed by atoms with Gasteiger partial charge in [-0.05, 0) is 74.6 Å². The Kier molecular flexibility index (Phi) is 6.39. The van der Waals surface area contributed by atoms with Gasteiger partial charge in [-0.15, -0.1) is 0 Å². The summed E-state index contributed by atoms with van der Waals surface area (Å²) in [5, 5.41) is 3.02. The van der Waals surface area contributed by atoms with E-state index >= 15 is 0 Å². The number of carbonyl (C=O) groups is 1. The van der Waals surface area contributed by atoms with Crippen LogP contribution in [-0.4, -0.2) is 31.7 Å². The van der Waals surface area contributed by atoms with Gasteiger partial charge in [-0.2, -0.15) is 4.31 Å². The second-order valence-electron chi connectivity index (χ2n) is 7.73. The van der Waals surface area contributed by atoms with Crippen molar-refractivity contribution in [2.24, 2.45) is 5.92 Å². The van der Waals surface area contributed by atoms with Crippen LogP contribution in [0.25, 0.3) is 0 Å². The number of rotatable bonds is 5. The van der Waals surface area contributed by atoms with Crippen molar-refractivity contribution in [1.29, 1.82) is 0 Å². The summed E-state index contributed by atoms with van der Waals surface area (Å²) in [6.45, 7) is 6.49. The lowest BCUT2D eigenvalue weighted by atomic mass is 9.97. The van der Waals surface area contributed by atoms with E-state index in [1.54, 1.807) is 0 Å². The first kappa shape index (κ1) is 21.5. The molecule has 2 aromatic carbocycles. The second kappa shape index (κ2) is 8.63. The molecule has 0 spiro atoms. The van der Waals surface area contributed by atoms with Gasteiger partial charge in [0.1, 0.15) is 5.82 Å². The van der Waals surface area contributed by atoms with Crippen molar-refractivity contribution < 1.29 is 17.6 Å². The molecule has 0 bridgehead atoms. The third-order valence-electron chi connectivity index (χ3n) is 5.60. The number of amides is 1. The quantitative estimate of drug-likeness (QED) is 0.805. The topological polar surface area (TPSA) is 66.5 Å². The molecule has 156 valence electrons. The lowest BCUT2D eigenvalue weighted by molar-refractivity contribution is -0.126. The third kappa shape index (κ3) is 4.85. The lowest BCUT2D eigenvalue weighted by Gasteiger charge is -2.32. The number of halogens is 1. The molecule has 29 heavy (non-hydrogen) atoms. The van der Waals surface area contributed by atoms with Crippen molar-refractivity contribution in [3.05, 3.63) is 65.0 Å². The van der Waals surface area contributed by atoms with Crippen LogP contribution in [0.4, 0.5) is 4.39 Å². The van der Waals surface area contributed by atoms with Crippen LogP contribution in [0.1, 0.15) is 42.5 Å². The van der Waals surface area contributed by atoms with Gasteiger partial charge in [-0.25, -0.2) is 12.8 Å². The van der Waals surface area contributed by atoms with Crippen molar-refractivity contribution in [3.8, 4) is 0 Å². The molecule has 3 rings (SSSR count). The highest BCUT2D eigenvalue weighted by atomic mass is 32.2. The zero-order valence-corrected chi connectivity index (χ0v) is 17.8. The van der Waals surface area contributed by atoms with Crippen molar-refractivity contribution in [3.63, 3.8) is 0 Å². The summed E-state index contributed by atoms with van der Waals surface area (Å²) >= 11 is 0. The first-order valence-corrected chi connectivity index (χ1v) is 11.3. The van der Waals surface area contributed by atoms with Gasteiger partial charge in [0, 0.05) is 13.1 Å². The van der Waals surface area contributed by atoms with Crippen molar-refractivity contribution >= 4 is 15.9 Å². The van der Waals surface area contributed by atoms with Crippen molar-refractivity contribution in [2.45, 2.75) is 44.6 Å². The van der Waals surface area contributed by atoms with Gasteiger partial charge in [0.25, 0.3) is 0 Å². The van der Waals surface area contributed by atoms with Crippen molar-refractivity contribution in [2.75, 3.05) is 13.1 Å². The SMILES string of the molecule is Cc1ccc([C@H](C)NC(=O)[C@@H]2CCCN(S(=O)(=O)c3ccc(F)cc3)C2)cc1C. The van der Waals surface area contributed by atoms with Crippen LogP contribution in [0, 0.1) is 25.6 Å². The molecule has 2 aromatic rings. The Morgan fingerprint density at radius 3 is 2.48 bits per heavy atom. The van der Waals surface area contributed by atoms with E-state index in [1.807, 2.05) is 32.9 Å².